The van der Waals surface area contributed by atoms with Crippen molar-refractivity contribution >= 4 is 11.7 Å². The smallest absolute Gasteiger partial charge is 0.295 e. The lowest BCUT2D eigenvalue weighted by atomic mass is 9.99. The first-order chi connectivity index (χ1) is 8.91. The number of rotatable bonds is 2. The predicted molar refractivity (Wildman–Crippen MR) is 72.0 cm³/mol. The Balaban J connectivity index is 2.21. The average molecular weight is 263 g/mol. The molecule has 1 aliphatic rings. The van der Waals surface area contributed by atoms with E-state index in [9.17, 15) is 9.59 Å². The van der Waals surface area contributed by atoms with Crippen molar-refractivity contribution in [3.05, 3.63) is 17.0 Å². The normalized spacial score (nSPS) is 19.6. The highest BCUT2D eigenvalue weighted by atomic mass is 16.2. The Morgan fingerprint density at radius 3 is 2.53 bits per heavy atom. The molecule has 19 heavy (non-hydrogen) atoms. The zero-order valence-electron chi connectivity index (χ0n) is 12.1. The standard InChI is InChI=1S/C14H21N3O2/c1-9-6-5-7-17(8-9)14(19)13(18)12-10(2)15-16(4)11(12)3/h9H,5-8H2,1-4H3/t9-/m0/s1. The molecular weight excluding hydrogens is 242 g/mol. The van der Waals surface area contributed by atoms with E-state index >= 15 is 0 Å². The summed E-state index contributed by atoms with van der Waals surface area (Å²) in [6.07, 6.45) is 2.11. The molecule has 1 atom stereocenters. The number of carbonyl (C=O) groups excluding carboxylic acids is 2. The molecule has 0 spiro atoms. The average Bonchev–Trinajstić information content (AvgIpc) is 2.61. The first kappa shape index (κ1) is 13.8. The van der Waals surface area contributed by atoms with Gasteiger partial charge >= 0.3 is 0 Å². The molecule has 2 rings (SSSR count). The minimum Gasteiger partial charge on any atom is -0.336 e. The van der Waals surface area contributed by atoms with Gasteiger partial charge in [0.15, 0.2) is 0 Å². The van der Waals surface area contributed by atoms with Crippen LogP contribution >= 0.6 is 0 Å². The fourth-order valence-electron chi connectivity index (χ4n) is 2.73. The summed E-state index contributed by atoms with van der Waals surface area (Å²) >= 11 is 0. The second-order valence-electron chi connectivity index (χ2n) is 5.50. The number of Topliss-reactive ketones (excluding diaryl/α,β-unsaturated/α-hetero) is 1. The van der Waals surface area contributed by atoms with E-state index in [0.29, 0.717) is 30.3 Å². The Labute approximate surface area is 113 Å². The maximum absolute atomic E-state index is 12.4. The molecule has 1 amide bonds. The summed E-state index contributed by atoms with van der Waals surface area (Å²) in [6.45, 7) is 7.08. The van der Waals surface area contributed by atoms with Gasteiger partial charge in [-0.2, -0.15) is 5.10 Å². The van der Waals surface area contributed by atoms with Gasteiger partial charge in [-0.15, -0.1) is 0 Å². The third kappa shape index (κ3) is 2.55. The number of piperidine rings is 1. The van der Waals surface area contributed by atoms with E-state index in [0.717, 1.165) is 18.5 Å². The molecular formula is C14H21N3O2. The van der Waals surface area contributed by atoms with Gasteiger partial charge in [-0.3, -0.25) is 14.3 Å². The number of hydrogen-bond donors (Lipinski definition) is 0. The van der Waals surface area contributed by atoms with E-state index in [-0.39, 0.29) is 5.91 Å². The summed E-state index contributed by atoms with van der Waals surface area (Å²) in [7, 11) is 1.78. The topological polar surface area (TPSA) is 55.2 Å². The number of ketones is 1. The molecule has 5 heteroatoms. The molecule has 104 valence electrons. The number of amides is 1. The van der Waals surface area contributed by atoms with Crippen LogP contribution in [-0.4, -0.2) is 39.5 Å². The number of likely N-dealkylation sites (tertiary alicyclic amines) is 1. The molecule has 1 fully saturated rings. The summed E-state index contributed by atoms with van der Waals surface area (Å²) in [5.41, 5.74) is 1.84. The van der Waals surface area contributed by atoms with E-state index in [2.05, 4.69) is 12.0 Å². The van der Waals surface area contributed by atoms with Crippen LogP contribution in [0.3, 0.4) is 0 Å². The van der Waals surface area contributed by atoms with Gasteiger partial charge < -0.3 is 4.90 Å². The lowest BCUT2D eigenvalue weighted by Gasteiger charge is -2.30. The minimum absolute atomic E-state index is 0.384. The second kappa shape index (κ2) is 5.15. The maximum Gasteiger partial charge on any atom is 0.295 e. The van der Waals surface area contributed by atoms with Crippen LogP contribution in [0.15, 0.2) is 0 Å². The van der Waals surface area contributed by atoms with Crippen molar-refractivity contribution in [2.45, 2.75) is 33.6 Å². The molecule has 0 aliphatic carbocycles. The molecule has 0 bridgehead atoms. The van der Waals surface area contributed by atoms with E-state index in [1.54, 1.807) is 23.6 Å². The number of nitrogens with zero attached hydrogens (tertiary/aromatic N) is 3. The Morgan fingerprint density at radius 2 is 2.00 bits per heavy atom. The van der Waals surface area contributed by atoms with Crippen LogP contribution < -0.4 is 0 Å². The molecule has 1 aromatic rings. The molecule has 2 heterocycles. The van der Waals surface area contributed by atoms with E-state index in [1.807, 2.05) is 6.92 Å². The Hall–Kier alpha value is -1.65. The first-order valence-corrected chi connectivity index (χ1v) is 6.75. The molecule has 1 aliphatic heterocycles. The molecule has 0 aromatic carbocycles. The molecule has 0 N–H and O–H groups in total. The van der Waals surface area contributed by atoms with Crippen molar-refractivity contribution in [2.75, 3.05) is 13.1 Å². The van der Waals surface area contributed by atoms with Gasteiger partial charge in [0.2, 0.25) is 0 Å². The summed E-state index contributed by atoms with van der Waals surface area (Å²) in [5.74, 6) is -0.329. The highest BCUT2D eigenvalue weighted by Crippen LogP contribution is 2.19. The van der Waals surface area contributed by atoms with Crippen molar-refractivity contribution in [1.82, 2.24) is 14.7 Å². The second-order valence-corrected chi connectivity index (χ2v) is 5.50. The van der Waals surface area contributed by atoms with Gasteiger partial charge in [-0.25, -0.2) is 0 Å². The fraction of sp³-hybridized carbons (Fsp3) is 0.643. The van der Waals surface area contributed by atoms with Crippen LogP contribution in [0.2, 0.25) is 0 Å². The quantitative estimate of drug-likeness (QED) is 0.600. The molecule has 0 unspecified atom stereocenters. The van der Waals surface area contributed by atoms with Gasteiger partial charge in [0.05, 0.1) is 11.3 Å². The van der Waals surface area contributed by atoms with E-state index in [1.165, 1.54) is 0 Å². The molecule has 5 nitrogen and oxygen atoms in total. The molecule has 1 aromatic heterocycles. The third-order valence-electron chi connectivity index (χ3n) is 3.87. The molecule has 0 saturated carbocycles. The van der Waals surface area contributed by atoms with Gasteiger partial charge in [-0.1, -0.05) is 6.92 Å². The minimum atomic E-state index is -0.419. The van der Waals surface area contributed by atoms with E-state index in [4.69, 9.17) is 0 Å². The number of hydrogen-bond acceptors (Lipinski definition) is 3. The highest BCUT2D eigenvalue weighted by molar-refractivity contribution is 6.43. The molecule has 0 radical (unpaired) electrons. The van der Waals surface area contributed by atoms with Gasteiger partial charge in [0.25, 0.3) is 11.7 Å². The summed E-state index contributed by atoms with van der Waals surface area (Å²) < 4.78 is 1.65. The maximum atomic E-state index is 12.4. The first-order valence-electron chi connectivity index (χ1n) is 6.75. The van der Waals surface area contributed by atoms with Crippen LogP contribution in [0.4, 0.5) is 0 Å². The lowest BCUT2D eigenvalue weighted by Crippen LogP contribution is -2.43. The Kier molecular flexibility index (Phi) is 3.73. The monoisotopic (exact) mass is 263 g/mol. The SMILES string of the molecule is Cc1nn(C)c(C)c1C(=O)C(=O)N1CCC[C@H](C)C1. The highest BCUT2D eigenvalue weighted by Gasteiger charge is 2.30. The summed E-state index contributed by atoms with van der Waals surface area (Å²) in [4.78, 5) is 26.3. The van der Waals surface area contributed by atoms with Gasteiger partial charge in [0, 0.05) is 25.8 Å². The fourth-order valence-corrected chi connectivity index (χ4v) is 2.73. The van der Waals surface area contributed by atoms with Crippen LogP contribution in [0.25, 0.3) is 0 Å². The van der Waals surface area contributed by atoms with Crippen LogP contribution in [0, 0.1) is 19.8 Å². The van der Waals surface area contributed by atoms with Crippen LogP contribution in [-0.2, 0) is 11.8 Å². The lowest BCUT2D eigenvalue weighted by molar-refractivity contribution is -0.128. The van der Waals surface area contributed by atoms with Crippen molar-refractivity contribution < 1.29 is 9.59 Å². The zero-order chi connectivity index (χ0) is 14.2. The Bertz CT molecular complexity index is 519. The largest absolute Gasteiger partial charge is 0.336 e. The zero-order valence-corrected chi connectivity index (χ0v) is 12.1. The van der Waals surface area contributed by atoms with Crippen LogP contribution in [0.1, 0.15) is 41.5 Å². The Morgan fingerprint density at radius 1 is 1.32 bits per heavy atom. The molecule has 1 saturated heterocycles. The predicted octanol–water partition coefficient (Wildman–Crippen LogP) is 1.48. The third-order valence-corrected chi connectivity index (χ3v) is 3.87. The number of aryl methyl sites for hydroxylation is 2. The summed E-state index contributed by atoms with van der Waals surface area (Å²) in [6, 6.07) is 0. The number of carbonyl (C=O) groups is 2. The number of aromatic nitrogens is 2. The van der Waals surface area contributed by atoms with Gasteiger partial charge in [0.1, 0.15) is 0 Å². The van der Waals surface area contributed by atoms with Crippen molar-refractivity contribution in [3.63, 3.8) is 0 Å². The van der Waals surface area contributed by atoms with E-state index < -0.39 is 5.78 Å². The van der Waals surface area contributed by atoms with Crippen molar-refractivity contribution in [3.8, 4) is 0 Å². The van der Waals surface area contributed by atoms with Crippen molar-refractivity contribution in [1.29, 1.82) is 0 Å². The van der Waals surface area contributed by atoms with Crippen LogP contribution in [0.5, 0.6) is 0 Å². The van der Waals surface area contributed by atoms with Crippen molar-refractivity contribution in [2.24, 2.45) is 13.0 Å². The summed E-state index contributed by atoms with van der Waals surface area (Å²) in [5, 5.41) is 4.20. The van der Waals surface area contributed by atoms with Gasteiger partial charge in [-0.05, 0) is 32.6 Å².